The third-order valence-electron chi connectivity index (χ3n) is 4.22. The molecule has 4 rings (SSSR count). The Morgan fingerprint density at radius 1 is 1.15 bits per heavy atom. The summed E-state index contributed by atoms with van der Waals surface area (Å²) in [5, 5.41) is 12.3. The smallest absolute Gasteiger partial charge is 0.183 e. The lowest BCUT2D eigenvalue weighted by Gasteiger charge is -2.06. The van der Waals surface area contributed by atoms with Gasteiger partial charge in [-0.3, -0.25) is 4.68 Å². The van der Waals surface area contributed by atoms with Crippen molar-refractivity contribution in [3.63, 3.8) is 0 Å². The van der Waals surface area contributed by atoms with Gasteiger partial charge < -0.3 is 5.32 Å². The number of anilines is 1. The number of halogens is 1. The SMILES string of the molecule is Cc1c(-c2ccn(-c3ccc(NCc4cnc(Cl)s4)cc3)n2)cnn1C. The molecule has 1 aromatic carbocycles. The Balaban J connectivity index is 1.48. The summed E-state index contributed by atoms with van der Waals surface area (Å²) in [4.78, 5) is 5.14. The van der Waals surface area contributed by atoms with Crippen molar-refractivity contribution in [3.8, 4) is 16.9 Å². The van der Waals surface area contributed by atoms with E-state index in [4.69, 9.17) is 11.6 Å². The van der Waals surface area contributed by atoms with Crippen LogP contribution in [0.25, 0.3) is 16.9 Å². The minimum atomic E-state index is 0.565. The van der Waals surface area contributed by atoms with Gasteiger partial charge in [-0.05, 0) is 37.3 Å². The molecule has 3 aromatic heterocycles. The van der Waals surface area contributed by atoms with E-state index < -0.39 is 0 Å². The first-order valence-electron chi connectivity index (χ1n) is 8.09. The second kappa shape index (κ2) is 6.93. The zero-order chi connectivity index (χ0) is 18.1. The van der Waals surface area contributed by atoms with E-state index in [1.54, 1.807) is 6.20 Å². The van der Waals surface area contributed by atoms with Gasteiger partial charge in [0, 0.05) is 41.3 Å². The molecule has 0 spiro atoms. The van der Waals surface area contributed by atoms with Gasteiger partial charge in [0.15, 0.2) is 4.47 Å². The molecule has 0 saturated carbocycles. The number of thiazole rings is 1. The molecule has 0 aliphatic carbocycles. The molecule has 1 N–H and O–H groups in total. The van der Waals surface area contributed by atoms with Gasteiger partial charge in [0.1, 0.15) is 0 Å². The van der Waals surface area contributed by atoms with Crippen LogP contribution in [0.2, 0.25) is 4.47 Å². The van der Waals surface area contributed by atoms with Gasteiger partial charge in [-0.25, -0.2) is 9.67 Å². The van der Waals surface area contributed by atoms with Crippen LogP contribution in [-0.2, 0) is 13.6 Å². The number of hydrogen-bond acceptors (Lipinski definition) is 5. The Morgan fingerprint density at radius 3 is 2.62 bits per heavy atom. The lowest BCUT2D eigenvalue weighted by atomic mass is 10.2. The van der Waals surface area contributed by atoms with E-state index in [9.17, 15) is 0 Å². The van der Waals surface area contributed by atoms with Crippen molar-refractivity contribution in [2.45, 2.75) is 13.5 Å². The van der Waals surface area contributed by atoms with Crippen LogP contribution in [0, 0.1) is 6.92 Å². The van der Waals surface area contributed by atoms with Crippen LogP contribution in [0.3, 0.4) is 0 Å². The Kier molecular flexibility index (Phi) is 4.48. The fourth-order valence-corrected chi connectivity index (χ4v) is 3.57. The second-order valence-electron chi connectivity index (χ2n) is 5.89. The zero-order valence-corrected chi connectivity index (χ0v) is 15.9. The molecular formula is C18H17ClN6S. The largest absolute Gasteiger partial charge is 0.380 e. The Morgan fingerprint density at radius 2 is 1.96 bits per heavy atom. The number of nitrogens with one attached hydrogen (secondary N) is 1. The van der Waals surface area contributed by atoms with Gasteiger partial charge in [-0.15, -0.1) is 11.3 Å². The highest BCUT2D eigenvalue weighted by Crippen LogP contribution is 2.23. The van der Waals surface area contributed by atoms with Gasteiger partial charge in [0.05, 0.1) is 24.1 Å². The van der Waals surface area contributed by atoms with Crippen molar-refractivity contribution in [1.82, 2.24) is 24.5 Å². The van der Waals surface area contributed by atoms with Gasteiger partial charge in [0.25, 0.3) is 0 Å². The van der Waals surface area contributed by atoms with E-state index in [1.165, 1.54) is 11.3 Å². The van der Waals surface area contributed by atoms with Crippen molar-refractivity contribution in [2.24, 2.45) is 7.05 Å². The standard InChI is InChI=1S/C18H17ClN6S/c1-12-16(11-22-24(12)2)17-7-8-25(23-17)14-5-3-13(4-6-14)20-9-15-10-21-18(19)26-15/h3-8,10-11,20H,9H2,1-2H3. The molecule has 0 saturated heterocycles. The summed E-state index contributed by atoms with van der Waals surface area (Å²) in [5.74, 6) is 0. The van der Waals surface area contributed by atoms with Crippen molar-refractivity contribution in [1.29, 1.82) is 0 Å². The quantitative estimate of drug-likeness (QED) is 0.557. The average Bonchev–Trinajstić information content (AvgIpc) is 3.36. The number of benzene rings is 1. The molecule has 0 unspecified atom stereocenters. The summed E-state index contributed by atoms with van der Waals surface area (Å²) < 4.78 is 4.29. The van der Waals surface area contributed by atoms with Crippen LogP contribution in [0.5, 0.6) is 0 Å². The summed E-state index contributed by atoms with van der Waals surface area (Å²) in [5.41, 5.74) is 5.10. The molecule has 4 aromatic rings. The van der Waals surface area contributed by atoms with E-state index in [1.807, 2.05) is 66.1 Å². The van der Waals surface area contributed by atoms with Crippen LogP contribution < -0.4 is 5.32 Å². The van der Waals surface area contributed by atoms with E-state index in [-0.39, 0.29) is 0 Å². The monoisotopic (exact) mass is 384 g/mol. The molecule has 0 bridgehead atoms. The Labute approximate surface area is 160 Å². The van der Waals surface area contributed by atoms with Crippen LogP contribution >= 0.6 is 22.9 Å². The van der Waals surface area contributed by atoms with E-state index in [2.05, 4.69) is 20.5 Å². The third-order valence-corrected chi connectivity index (χ3v) is 5.34. The first-order valence-corrected chi connectivity index (χ1v) is 9.29. The van der Waals surface area contributed by atoms with Gasteiger partial charge >= 0.3 is 0 Å². The molecule has 0 aliphatic rings. The van der Waals surface area contributed by atoms with Crippen LogP contribution in [0.4, 0.5) is 5.69 Å². The number of nitrogens with zero attached hydrogens (tertiary/aromatic N) is 5. The fourth-order valence-electron chi connectivity index (χ4n) is 2.65. The fraction of sp³-hybridized carbons (Fsp3) is 0.167. The van der Waals surface area contributed by atoms with Crippen LogP contribution in [0.1, 0.15) is 10.6 Å². The van der Waals surface area contributed by atoms with Gasteiger partial charge in [0.2, 0.25) is 0 Å². The van der Waals surface area contributed by atoms with Crippen molar-refractivity contribution >= 4 is 28.6 Å². The number of aryl methyl sites for hydroxylation is 1. The summed E-state index contributed by atoms with van der Waals surface area (Å²) in [7, 11) is 1.93. The van der Waals surface area contributed by atoms with E-state index in [0.29, 0.717) is 11.0 Å². The number of hydrogen-bond donors (Lipinski definition) is 1. The maximum absolute atomic E-state index is 5.85. The van der Waals surface area contributed by atoms with Crippen LogP contribution in [-0.4, -0.2) is 24.5 Å². The van der Waals surface area contributed by atoms with Crippen molar-refractivity contribution in [2.75, 3.05) is 5.32 Å². The molecule has 0 radical (unpaired) electrons. The first kappa shape index (κ1) is 16.8. The molecule has 3 heterocycles. The molecule has 132 valence electrons. The summed E-state index contributed by atoms with van der Waals surface area (Å²) in [6, 6.07) is 10.1. The third kappa shape index (κ3) is 3.36. The lowest BCUT2D eigenvalue weighted by molar-refractivity contribution is 0.740. The number of aromatic nitrogens is 5. The first-order chi connectivity index (χ1) is 12.6. The van der Waals surface area contributed by atoms with Crippen LogP contribution in [0.15, 0.2) is 48.9 Å². The highest BCUT2D eigenvalue weighted by atomic mass is 35.5. The van der Waals surface area contributed by atoms with E-state index in [0.717, 1.165) is 33.2 Å². The summed E-state index contributed by atoms with van der Waals surface area (Å²) >= 11 is 7.33. The predicted octanol–water partition coefficient (Wildman–Crippen LogP) is 4.30. The minimum Gasteiger partial charge on any atom is -0.380 e. The average molecular weight is 385 g/mol. The molecular weight excluding hydrogens is 368 g/mol. The maximum Gasteiger partial charge on any atom is 0.183 e. The molecule has 0 fully saturated rings. The van der Waals surface area contributed by atoms with E-state index >= 15 is 0 Å². The molecule has 26 heavy (non-hydrogen) atoms. The maximum atomic E-state index is 5.85. The second-order valence-corrected chi connectivity index (χ2v) is 7.59. The predicted molar refractivity (Wildman–Crippen MR) is 105 cm³/mol. The Hall–Kier alpha value is -2.64. The Bertz CT molecular complexity index is 1030. The molecule has 0 aliphatic heterocycles. The summed E-state index contributed by atoms with van der Waals surface area (Å²) in [6.45, 7) is 2.74. The molecule has 6 nitrogen and oxygen atoms in total. The van der Waals surface area contributed by atoms with Gasteiger partial charge in [-0.2, -0.15) is 10.2 Å². The molecule has 8 heteroatoms. The lowest BCUT2D eigenvalue weighted by Crippen LogP contribution is -1.99. The summed E-state index contributed by atoms with van der Waals surface area (Å²) in [6.07, 6.45) is 5.60. The normalized spacial score (nSPS) is 11.0. The zero-order valence-electron chi connectivity index (χ0n) is 14.3. The van der Waals surface area contributed by atoms with Gasteiger partial charge in [-0.1, -0.05) is 11.6 Å². The topological polar surface area (TPSA) is 60.6 Å². The van der Waals surface area contributed by atoms with Crippen molar-refractivity contribution in [3.05, 3.63) is 64.0 Å². The van der Waals surface area contributed by atoms with Crippen molar-refractivity contribution < 1.29 is 0 Å². The molecule has 0 amide bonds. The highest BCUT2D eigenvalue weighted by molar-refractivity contribution is 7.15. The number of rotatable bonds is 5. The molecule has 0 atom stereocenters. The minimum absolute atomic E-state index is 0.565. The highest BCUT2D eigenvalue weighted by Gasteiger charge is 2.10.